The van der Waals surface area contributed by atoms with Crippen molar-refractivity contribution in [1.82, 2.24) is 9.38 Å². The summed E-state index contributed by atoms with van der Waals surface area (Å²) in [5, 5.41) is 0. The first-order valence-electron chi connectivity index (χ1n) is 3.61. The molecule has 2 heterocycles. The van der Waals surface area contributed by atoms with Crippen LogP contribution in [0.5, 0.6) is 0 Å². The Bertz CT molecular complexity index is 382. The maximum atomic E-state index is 4.03. The molecule has 0 saturated carbocycles. The Morgan fingerprint density at radius 1 is 1.58 bits per heavy atom. The quantitative estimate of drug-likeness (QED) is 0.715. The summed E-state index contributed by atoms with van der Waals surface area (Å²) in [4.78, 5) is 4.03. The molecular formula is C8H9N3S. The van der Waals surface area contributed by atoms with E-state index in [0.717, 1.165) is 11.2 Å². The van der Waals surface area contributed by atoms with Gasteiger partial charge in [0.15, 0.2) is 0 Å². The lowest BCUT2D eigenvalue weighted by atomic mass is 10.4. The largest absolute Gasteiger partial charge is 0.330 e. The van der Waals surface area contributed by atoms with Gasteiger partial charge < -0.3 is 9.12 Å². The maximum absolute atomic E-state index is 4.03. The van der Waals surface area contributed by atoms with Crippen molar-refractivity contribution >= 4 is 23.2 Å². The first-order chi connectivity index (χ1) is 5.90. The average Bonchev–Trinajstić information content (AvgIpc) is 2.51. The van der Waals surface area contributed by atoms with Crippen molar-refractivity contribution in [3.8, 4) is 0 Å². The summed E-state index contributed by atoms with van der Waals surface area (Å²) >= 11 is 1.59. The van der Waals surface area contributed by atoms with Crippen molar-refractivity contribution in [1.29, 1.82) is 0 Å². The number of anilines is 1. The third-order valence-corrected chi connectivity index (χ3v) is 2.07. The number of fused-ring (bicyclic) bond motifs is 1. The van der Waals surface area contributed by atoms with E-state index < -0.39 is 0 Å². The molecule has 0 saturated heterocycles. The topological polar surface area (TPSA) is 29.3 Å². The highest BCUT2D eigenvalue weighted by atomic mass is 32.2. The second-order valence-electron chi connectivity index (χ2n) is 2.45. The molecule has 4 heteroatoms. The van der Waals surface area contributed by atoms with Crippen molar-refractivity contribution in [2.24, 2.45) is 0 Å². The van der Waals surface area contributed by atoms with Gasteiger partial charge in [0.1, 0.15) is 0 Å². The fraction of sp³-hybridized carbons (Fsp3) is 0.125. The van der Waals surface area contributed by atoms with Crippen LogP contribution in [-0.4, -0.2) is 15.6 Å². The summed E-state index contributed by atoms with van der Waals surface area (Å²) in [5.41, 5.74) is 2.21. The van der Waals surface area contributed by atoms with Crippen LogP contribution < -0.4 is 4.72 Å². The van der Waals surface area contributed by atoms with E-state index in [4.69, 9.17) is 0 Å². The molecule has 2 aromatic heterocycles. The molecule has 0 spiro atoms. The predicted octanol–water partition coefficient (Wildman–Crippen LogP) is 2.02. The first kappa shape index (κ1) is 7.49. The zero-order valence-electron chi connectivity index (χ0n) is 6.69. The van der Waals surface area contributed by atoms with Crippen molar-refractivity contribution in [2.45, 2.75) is 0 Å². The number of hydrogen-bond donors (Lipinski definition) is 1. The van der Waals surface area contributed by atoms with E-state index in [0.29, 0.717) is 0 Å². The smallest absolute Gasteiger partial charge is 0.0992 e. The van der Waals surface area contributed by atoms with E-state index in [-0.39, 0.29) is 0 Å². The zero-order valence-corrected chi connectivity index (χ0v) is 7.51. The lowest BCUT2D eigenvalue weighted by molar-refractivity contribution is 1.16. The Balaban J connectivity index is 2.46. The van der Waals surface area contributed by atoms with Gasteiger partial charge in [0, 0.05) is 18.1 Å². The molecule has 0 amide bonds. The number of aromatic nitrogens is 2. The molecule has 0 aliphatic rings. The van der Waals surface area contributed by atoms with Crippen LogP contribution in [0.2, 0.25) is 0 Å². The highest BCUT2D eigenvalue weighted by Gasteiger charge is 1.93. The minimum atomic E-state index is 1.11. The molecule has 0 unspecified atom stereocenters. The van der Waals surface area contributed by atoms with E-state index in [1.807, 2.05) is 29.1 Å². The Morgan fingerprint density at radius 2 is 2.50 bits per heavy atom. The van der Waals surface area contributed by atoms with E-state index >= 15 is 0 Å². The number of nitrogens with one attached hydrogen (secondary N) is 1. The summed E-state index contributed by atoms with van der Waals surface area (Å²) in [6, 6.07) is 4.08. The maximum Gasteiger partial charge on any atom is 0.0992 e. The van der Waals surface area contributed by atoms with Gasteiger partial charge in [0.05, 0.1) is 18.0 Å². The average molecular weight is 179 g/mol. The summed E-state index contributed by atoms with van der Waals surface area (Å²) in [5.74, 6) is 0. The highest BCUT2D eigenvalue weighted by Crippen LogP contribution is 2.13. The normalized spacial score (nSPS) is 10.4. The van der Waals surface area contributed by atoms with Crippen molar-refractivity contribution < 1.29 is 0 Å². The van der Waals surface area contributed by atoms with Crippen molar-refractivity contribution in [3.05, 3.63) is 30.9 Å². The number of nitrogens with zero attached hydrogens (tertiary/aromatic N) is 2. The van der Waals surface area contributed by atoms with Gasteiger partial charge in [-0.05, 0) is 12.1 Å². The molecule has 12 heavy (non-hydrogen) atoms. The van der Waals surface area contributed by atoms with Gasteiger partial charge in [-0.1, -0.05) is 11.9 Å². The van der Waals surface area contributed by atoms with Gasteiger partial charge in [-0.2, -0.15) is 0 Å². The molecule has 3 nitrogen and oxygen atoms in total. The molecule has 2 rings (SSSR count). The summed E-state index contributed by atoms with van der Waals surface area (Å²) in [6.45, 7) is 0. The molecule has 0 aliphatic heterocycles. The van der Waals surface area contributed by atoms with Crippen LogP contribution >= 0.6 is 11.9 Å². The van der Waals surface area contributed by atoms with Crippen LogP contribution in [0.4, 0.5) is 5.69 Å². The molecule has 0 radical (unpaired) electrons. The molecular weight excluding hydrogens is 170 g/mol. The third-order valence-electron chi connectivity index (χ3n) is 1.63. The standard InChI is InChI=1S/C8H9N3S/c1-12-10-7-2-3-11-6-9-5-8(11)4-7/h2-6,10H,1H3. The van der Waals surface area contributed by atoms with Gasteiger partial charge >= 0.3 is 0 Å². The Labute approximate surface area is 74.9 Å². The third kappa shape index (κ3) is 1.25. The van der Waals surface area contributed by atoms with Crippen LogP contribution in [0.15, 0.2) is 30.9 Å². The Hall–Kier alpha value is -1.16. The highest BCUT2D eigenvalue weighted by molar-refractivity contribution is 7.99. The van der Waals surface area contributed by atoms with Crippen LogP contribution in [0.25, 0.3) is 5.52 Å². The molecule has 62 valence electrons. The second-order valence-corrected chi connectivity index (χ2v) is 3.06. The molecule has 1 N–H and O–H groups in total. The van der Waals surface area contributed by atoms with Gasteiger partial charge in [0.2, 0.25) is 0 Å². The minimum Gasteiger partial charge on any atom is -0.330 e. The SMILES string of the molecule is CSNc1ccn2cncc2c1. The van der Waals surface area contributed by atoms with Crippen LogP contribution in [0, 0.1) is 0 Å². The number of pyridine rings is 1. The Morgan fingerprint density at radius 3 is 3.33 bits per heavy atom. The lowest BCUT2D eigenvalue weighted by Gasteiger charge is -2.01. The molecule has 0 fully saturated rings. The fourth-order valence-corrected chi connectivity index (χ4v) is 1.46. The molecule has 0 atom stereocenters. The van der Waals surface area contributed by atoms with E-state index in [9.17, 15) is 0 Å². The van der Waals surface area contributed by atoms with Crippen molar-refractivity contribution in [2.75, 3.05) is 11.0 Å². The molecule has 0 bridgehead atoms. The predicted molar refractivity (Wildman–Crippen MR) is 52.3 cm³/mol. The summed E-state index contributed by atoms with van der Waals surface area (Å²) in [7, 11) is 0. The summed E-state index contributed by atoms with van der Waals surface area (Å²) in [6.07, 6.45) is 7.62. The van der Waals surface area contributed by atoms with E-state index in [2.05, 4.69) is 15.8 Å². The molecule has 2 aromatic rings. The minimum absolute atomic E-state index is 1.11. The van der Waals surface area contributed by atoms with E-state index in [1.165, 1.54) is 0 Å². The van der Waals surface area contributed by atoms with Gasteiger partial charge in [-0.25, -0.2) is 4.98 Å². The first-order valence-corrected chi connectivity index (χ1v) is 4.83. The second kappa shape index (κ2) is 3.06. The van der Waals surface area contributed by atoms with Crippen molar-refractivity contribution in [3.63, 3.8) is 0 Å². The number of rotatable bonds is 2. The lowest BCUT2D eigenvalue weighted by Crippen LogP contribution is -1.86. The Kier molecular flexibility index (Phi) is 1.91. The van der Waals surface area contributed by atoms with Crippen LogP contribution in [-0.2, 0) is 0 Å². The van der Waals surface area contributed by atoms with E-state index in [1.54, 1.807) is 18.3 Å². The summed E-state index contributed by atoms with van der Waals surface area (Å²) < 4.78 is 5.14. The molecule has 0 aromatic carbocycles. The number of imidazole rings is 1. The van der Waals surface area contributed by atoms with Crippen LogP contribution in [0.3, 0.4) is 0 Å². The van der Waals surface area contributed by atoms with Gasteiger partial charge in [0.25, 0.3) is 0 Å². The monoisotopic (exact) mass is 179 g/mol. The van der Waals surface area contributed by atoms with Crippen LogP contribution in [0.1, 0.15) is 0 Å². The zero-order chi connectivity index (χ0) is 8.39. The fourth-order valence-electron chi connectivity index (χ4n) is 1.10. The van der Waals surface area contributed by atoms with Gasteiger partial charge in [-0.15, -0.1) is 0 Å². The molecule has 0 aliphatic carbocycles. The number of hydrogen-bond acceptors (Lipinski definition) is 3. The van der Waals surface area contributed by atoms with Gasteiger partial charge in [-0.3, -0.25) is 0 Å².